The number of piperidine rings is 1. The number of carbonyl (C=O) groups excluding carboxylic acids is 2. The van der Waals surface area contributed by atoms with Crippen LogP contribution in [0.5, 0.6) is 0 Å². The second-order valence-electron chi connectivity index (χ2n) is 9.19. The van der Waals surface area contributed by atoms with E-state index in [0.717, 1.165) is 62.0 Å². The third kappa shape index (κ3) is 5.96. The van der Waals surface area contributed by atoms with Crippen molar-refractivity contribution in [3.8, 4) is 0 Å². The number of rotatable bonds is 8. The molecule has 2 aromatic rings. The molecule has 1 spiro atoms. The van der Waals surface area contributed by atoms with Gasteiger partial charge >= 0.3 is 6.09 Å². The van der Waals surface area contributed by atoms with Crippen molar-refractivity contribution in [3.63, 3.8) is 0 Å². The Hall–Kier alpha value is -2.45. The summed E-state index contributed by atoms with van der Waals surface area (Å²) >= 11 is 3.47. The summed E-state index contributed by atoms with van der Waals surface area (Å²) in [6.07, 6.45) is 4.79. The van der Waals surface area contributed by atoms with Gasteiger partial charge in [-0.1, -0.05) is 34.1 Å². The van der Waals surface area contributed by atoms with Gasteiger partial charge in [-0.15, -0.1) is 0 Å². The van der Waals surface area contributed by atoms with Gasteiger partial charge in [-0.3, -0.25) is 9.78 Å². The number of ether oxygens (including phenoxy) is 1. The van der Waals surface area contributed by atoms with Gasteiger partial charge in [0.05, 0.1) is 23.8 Å². The van der Waals surface area contributed by atoms with Crippen molar-refractivity contribution >= 4 is 27.9 Å². The Balaban J connectivity index is 1.30. The molecule has 0 saturated carbocycles. The number of pyridine rings is 1. The Morgan fingerprint density at radius 3 is 2.56 bits per heavy atom. The molecule has 0 aliphatic carbocycles. The number of amides is 2. The van der Waals surface area contributed by atoms with Gasteiger partial charge < -0.3 is 19.9 Å². The van der Waals surface area contributed by atoms with E-state index in [4.69, 9.17) is 4.74 Å². The van der Waals surface area contributed by atoms with Crippen LogP contribution in [0.4, 0.5) is 4.79 Å². The monoisotopic (exact) mass is 528 g/mol. The maximum atomic E-state index is 13.3. The van der Waals surface area contributed by atoms with Crippen molar-refractivity contribution in [2.45, 2.75) is 45.2 Å². The van der Waals surface area contributed by atoms with Crippen LogP contribution in [0.2, 0.25) is 0 Å². The second kappa shape index (κ2) is 11.3. The molecule has 3 heterocycles. The molecule has 1 atom stereocenters. The molecule has 1 unspecified atom stereocenters. The number of benzene rings is 1. The molecule has 0 radical (unpaired) electrons. The summed E-state index contributed by atoms with van der Waals surface area (Å²) in [5.74, 6) is 0.311. The van der Waals surface area contributed by atoms with Crippen molar-refractivity contribution in [1.82, 2.24) is 20.1 Å². The molecule has 0 bridgehead atoms. The predicted molar refractivity (Wildman–Crippen MR) is 134 cm³/mol. The van der Waals surface area contributed by atoms with Gasteiger partial charge in [0.1, 0.15) is 0 Å². The fourth-order valence-electron chi connectivity index (χ4n) is 5.03. The Morgan fingerprint density at radius 1 is 1.15 bits per heavy atom. The molecular weight excluding hydrogens is 496 g/mol. The summed E-state index contributed by atoms with van der Waals surface area (Å²) in [6, 6.07) is 13.7. The van der Waals surface area contributed by atoms with Crippen molar-refractivity contribution in [2.24, 2.45) is 5.41 Å². The summed E-state index contributed by atoms with van der Waals surface area (Å²) in [7, 11) is 0. The smallest absolute Gasteiger partial charge is 0.407 e. The molecule has 182 valence electrons. The highest BCUT2D eigenvalue weighted by Crippen LogP contribution is 2.42. The minimum Gasteiger partial charge on any atom is -0.450 e. The van der Waals surface area contributed by atoms with E-state index in [-0.39, 0.29) is 11.5 Å². The number of likely N-dealkylation sites (tertiary alicyclic amines) is 2. The van der Waals surface area contributed by atoms with Gasteiger partial charge in [0.25, 0.3) is 0 Å². The van der Waals surface area contributed by atoms with Gasteiger partial charge in [-0.2, -0.15) is 0 Å². The number of carbonyl (C=O) groups is 2. The summed E-state index contributed by atoms with van der Waals surface area (Å²) in [4.78, 5) is 34.2. The number of nitrogens with zero attached hydrogens (tertiary/aromatic N) is 3. The van der Waals surface area contributed by atoms with Crippen molar-refractivity contribution in [3.05, 3.63) is 64.4 Å². The topological polar surface area (TPSA) is 74.8 Å². The van der Waals surface area contributed by atoms with Gasteiger partial charge in [0.2, 0.25) is 5.91 Å². The first-order valence-corrected chi connectivity index (χ1v) is 12.9. The number of alkyl carbamates (subject to hydrolysis) is 1. The predicted octanol–water partition coefficient (Wildman–Crippen LogP) is 4.54. The highest BCUT2D eigenvalue weighted by atomic mass is 79.9. The normalized spacial score (nSPS) is 18.8. The van der Waals surface area contributed by atoms with Crippen LogP contribution in [-0.2, 0) is 16.1 Å². The molecule has 1 aromatic carbocycles. The molecule has 4 rings (SSSR count). The maximum absolute atomic E-state index is 13.3. The lowest BCUT2D eigenvalue weighted by atomic mass is 9.77. The van der Waals surface area contributed by atoms with Crippen LogP contribution in [0, 0.1) is 5.41 Å². The SMILES string of the molecule is CCOC(=O)NC(CCN1CCC2(CC1)CCN(Cc1ccc(Br)cc1)C2=O)c1ccccn1. The van der Waals surface area contributed by atoms with Gasteiger partial charge in [0.15, 0.2) is 0 Å². The number of nitrogens with one attached hydrogen (secondary N) is 1. The van der Waals surface area contributed by atoms with E-state index in [0.29, 0.717) is 19.1 Å². The van der Waals surface area contributed by atoms with E-state index >= 15 is 0 Å². The van der Waals surface area contributed by atoms with E-state index in [1.165, 1.54) is 5.56 Å². The van der Waals surface area contributed by atoms with Crippen LogP contribution < -0.4 is 5.32 Å². The summed E-state index contributed by atoms with van der Waals surface area (Å²) in [6.45, 7) is 6.27. The lowest BCUT2D eigenvalue weighted by Gasteiger charge is -2.38. The Bertz CT molecular complexity index is 962. The zero-order chi connectivity index (χ0) is 24.0. The highest BCUT2D eigenvalue weighted by molar-refractivity contribution is 9.10. The minimum atomic E-state index is -0.418. The molecular formula is C26H33BrN4O3. The quantitative estimate of drug-likeness (QED) is 0.544. The van der Waals surface area contributed by atoms with Crippen LogP contribution in [0.3, 0.4) is 0 Å². The fourth-order valence-corrected chi connectivity index (χ4v) is 5.29. The average Bonchev–Trinajstić information content (AvgIpc) is 3.14. The number of hydrogen-bond acceptors (Lipinski definition) is 5. The number of aromatic nitrogens is 1. The molecule has 2 amide bonds. The molecule has 7 nitrogen and oxygen atoms in total. The minimum absolute atomic E-state index is 0.203. The third-order valence-corrected chi connectivity index (χ3v) is 7.58. The first-order chi connectivity index (χ1) is 16.5. The van der Waals surface area contributed by atoms with Crippen LogP contribution in [-0.4, -0.2) is 59.6 Å². The lowest BCUT2D eigenvalue weighted by molar-refractivity contribution is -0.138. The van der Waals surface area contributed by atoms with Crippen LogP contribution in [0.1, 0.15) is 49.9 Å². The average molecular weight is 529 g/mol. The zero-order valence-corrected chi connectivity index (χ0v) is 21.3. The largest absolute Gasteiger partial charge is 0.450 e. The highest BCUT2D eigenvalue weighted by Gasteiger charge is 2.47. The standard InChI is InChI=1S/C26H33BrN4O3/c1-2-34-25(33)29-23(22-5-3-4-14-28-22)10-15-30-16-11-26(12-17-30)13-18-31(24(26)32)19-20-6-8-21(27)9-7-20/h3-9,14,23H,2,10-13,15-19H2,1H3,(H,29,33). The summed E-state index contributed by atoms with van der Waals surface area (Å²) in [5.41, 5.74) is 1.79. The van der Waals surface area contributed by atoms with Crippen LogP contribution in [0.25, 0.3) is 0 Å². The van der Waals surface area contributed by atoms with Crippen LogP contribution >= 0.6 is 15.9 Å². The third-order valence-electron chi connectivity index (χ3n) is 7.05. The summed E-state index contributed by atoms with van der Waals surface area (Å²) in [5, 5.41) is 2.95. The number of hydrogen-bond donors (Lipinski definition) is 1. The molecule has 8 heteroatoms. The fraction of sp³-hybridized carbons (Fsp3) is 0.500. The Labute approximate surface area is 210 Å². The van der Waals surface area contributed by atoms with Crippen molar-refractivity contribution in [1.29, 1.82) is 0 Å². The van der Waals surface area contributed by atoms with Crippen molar-refractivity contribution < 1.29 is 14.3 Å². The molecule has 2 saturated heterocycles. The van der Waals surface area contributed by atoms with Crippen LogP contribution in [0.15, 0.2) is 53.1 Å². The molecule has 2 aliphatic rings. The Morgan fingerprint density at radius 2 is 1.88 bits per heavy atom. The zero-order valence-electron chi connectivity index (χ0n) is 19.7. The van der Waals surface area contributed by atoms with E-state index in [1.807, 2.05) is 35.2 Å². The van der Waals surface area contributed by atoms with E-state index in [2.05, 4.69) is 43.3 Å². The van der Waals surface area contributed by atoms with Gasteiger partial charge in [0, 0.05) is 30.3 Å². The molecule has 1 aromatic heterocycles. The molecule has 34 heavy (non-hydrogen) atoms. The lowest BCUT2D eigenvalue weighted by Crippen LogP contribution is -2.45. The van der Waals surface area contributed by atoms with Gasteiger partial charge in [-0.05, 0) is 75.5 Å². The van der Waals surface area contributed by atoms with E-state index in [1.54, 1.807) is 13.1 Å². The second-order valence-corrected chi connectivity index (χ2v) is 10.1. The first kappa shape index (κ1) is 24.7. The van der Waals surface area contributed by atoms with E-state index < -0.39 is 6.09 Å². The molecule has 1 N–H and O–H groups in total. The molecule has 2 aliphatic heterocycles. The van der Waals surface area contributed by atoms with Crippen molar-refractivity contribution in [2.75, 3.05) is 32.8 Å². The Kier molecular flexibility index (Phi) is 8.21. The van der Waals surface area contributed by atoms with Gasteiger partial charge in [-0.25, -0.2) is 4.79 Å². The molecule has 2 fully saturated rings. The summed E-state index contributed by atoms with van der Waals surface area (Å²) < 4.78 is 6.13. The first-order valence-electron chi connectivity index (χ1n) is 12.1. The maximum Gasteiger partial charge on any atom is 0.407 e. The number of halogens is 1. The van der Waals surface area contributed by atoms with E-state index in [9.17, 15) is 9.59 Å².